The first-order valence-corrected chi connectivity index (χ1v) is 6.77. The molecule has 6 nitrogen and oxygen atoms in total. The number of methoxy groups -OCH3 is 1. The van der Waals surface area contributed by atoms with E-state index in [2.05, 4.69) is 20.7 Å². The molecule has 0 saturated heterocycles. The molecule has 0 radical (unpaired) electrons. The third-order valence-electron chi connectivity index (χ3n) is 2.50. The molecule has 7 heteroatoms. The predicted octanol–water partition coefficient (Wildman–Crippen LogP) is 2.24. The second-order valence-electron chi connectivity index (χ2n) is 3.60. The van der Waals surface area contributed by atoms with E-state index in [0.29, 0.717) is 17.4 Å². The Morgan fingerprint density at radius 2 is 1.84 bits per heavy atom. The number of nitrogens with zero attached hydrogens (tertiary/aromatic N) is 2. The van der Waals surface area contributed by atoms with Crippen molar-refractivity contribution >= 4 is 29.1 Å². The van der Waals surface area contributed by atoms with Crippen LogP contribution in [0.5, 0.6) is 5.75 Å². The molecule has 4 N–H and O–H groups in total. The minimum absolute atomic E-state index is 0.431. The lowest BCUT2D eigenvalue weighted by molar-refractivity contribution is 0.415. The van der Waals surface area contributed by atoms with Crippen LogP contribution >= 0.6 is 11.8 Å². The van der Waals surface area contributed by atoms with Crippen LogP contribution in [0.4, 0.5) is 17.3 Å². The number of ether oxygens (including phenoxy) is 1. The Morgan fingerprint density at radius 3 is 2.42 bits per heavy atom. The molecule has 2 aromatic rings. The van der Waals surface area contributed by atoms with Crippen LogP contribution in [0.2, 0.25) is 0 Å². The molecule has 1 aromatic carbocycles. The van der Waals surface area contributed by atoms with Crippen LogP contribution in [0.3, 0.4) is 0 Å². The van der Waals surface area contributed by atoms with Crippen molar-refractivity contribution < 1.29 is 4.74 Å². The number of nitrogens with one attached hydrogen (secondary N) is 2. The van der Waals surface area contributed by atoms with Crippen molar-refractivity contribution in [3.05, 3.63) is 30.6 Å². The zero-order valence-corrected chi connectivity index (χ0v) is 11.5. The largest absolute Gasteiger partial charge is 0.490 e. The Bertz CT molecular complexity index is 546. The molecule has 0 aliphatic rings. The Labute approximate surface area is 115 Å². The van der Waals surface area contributed by atoms with Crippen molar-refractivity contribution in [3.8, 4) is 5.75 Å². The third kappa shape index (κ3) is 3.07. The van der Waals surface area contributed by atoms with Gasteiger partial charge >= 0.3 is 0 Å². The van der Waals surface area contributed by atoms with E-state index in [1.165, 1.54) is 11.2 Å². The Balaban J connectivity index is 2.26. The average Bonchev–Trinajstić information content (AvgIpc) is 2.47. The molecule has 100 valence electrons. The highest BCUT2D eigenvalue weighted by Crippen LogP contribution is 2.30. The van der Waals surface area contributed by atoms with E-state index in [0.717, 1.165) is 5.69 Å². The van der Waals surface area contributed by atoms with Gasteiger partial charge in [0.05, 0.1) is 7.11 Å². The van der Waals surface area contributed by atoms with Crippen LogP contribution in [0.25, 0.3) is 0 Å². The quantitative estimate of drug-likeness (QED) is 0.439. The minimum Gasteiger partial charge on any atom is -0.490 e. The minimum atomic E-state index is 0.431. The number of hydrazine groups is 1. The molecule has 0 atom stereocenters. The average molecular weight is 277 g/mol. The van der Waals surface area contributed by atoms with Crippen molar-refractivity contribution in [1.29, 1.82) is 0 Å². The number of hydrogen-bond acceptors (Lipinski definition) is 7. The SMILES string of the molecule is COc1c(NN)ncnc1Nc1ccc(SC)cc1. The van der Waals surface area contributed by atoms with Crippen molar-refractivity contribution in [3.63, 3.8) is 0 Å². The number of hydrogen-bond donors (Lipinski definition) is 3. The van der Waals surface area contributed by atoms with Gasteiger partial charge in [-0.2, -0.15) is 0 Å². The van der Waals surface area contributed by atoms with Gasteiger partial charge in [-0.3, -0.25) is 0 Å². The zero-order valence-electron chi connectivity index (χ0n) is 10.7. The number of anilines is 3. The van der Waals surface area contributed by atoms with Crippen LogP contribution in [-0.2, 0) is 0 Å². The van der Waals surface area contributed by atoms with Gasteiger partial charge < -0.3 is 15.5 Å². The summed E-state index contributed by atoms with van der Waals surface area (Å²) in [6, 6.07) is 8.01. The zero-order chi connectivity index (χ0) is 13.7. The topological polar surface area (TPSA) is 85.1 Å². The van der Waals surface area contributed by atoms with E-state index in [1.807, 2.05) is 30.5 Å². The van der Waals surface area contributed by atoms with Gasteiger partial charge in [-0.25, -0.2) is 15.8 Å². The van der Waals surface area contributed by atoms with Crippen LogP contribution in [0.15, 0.2) is 35.5 Å². The van der Waals surface area contributed by atoms with Gasteiger partial charge in [-0.1, -0.05) is 0 Å². The fraction of sp³-hybridized carbons (Fsp3) is 0.167. The summed E-state index contributed by atoms with van der Waals surface area (Å²) in [7, 11) is 1.54. The number of nitrogens with two attached hydrogens (primary N) is 1. The van der Waals surface area contributed by atoms with Crippen LogP contribution in [0, 0.1) is 0 Å². The highest BCUT2D eigenvalue weighted by Gasteiger charge is 2.11. The highest BCUT2D eigenvalue weighted by atomic mass is 32.2. The molecule has 0 amide bonds. The van der Waals surface area contributed by atoms with E-state index < -0.39 is 0 Å². The summed E-state index contributed by atoms with van der Waals surface area (Å²) < 4.78 is 5.25. The molecule has 0 saturated carbocycles. The molecular formula is C12H15N5OS. The molecule has 0 fully saturated rings. The maximum absolute atomic E-state index is 5.38. The first-order valence-electron chi connectivity index (χ1n) is 5.55. The lowest BCUT2D eigenvalue weighted by Crippen LogP contribution is -2.11. The normalized spacial score (nSPS) is 10.1. The number of benzene rings is 1. The molecule has 1 heterocycles. The van der Waals surface area contributed by atoms with Gasteiger partial charge in [-0.15, -0.1) is 11.8 Å². The summed E-state index contributed by atoms with van der Waals surface area (Å²) in [5.74, 6) is 6.84. The maximum Gasteiger partial charge on any atom is 0.205 e. The Hall–Kier alpha value is -1.99. The Kier molecular flexibility index (Phi) is 4.43. The molecule has 2 rings (SSSR count). The molecule has 0 aliphatic carbocycles. The lowest BCUT2D eigenvalue weighted by atomic mass is 10.3. The molecule has 19 heavy (non-hydrogen) atoms. The molecule has 0 unspecified atom stereocenters. The number of rotatable bonds is 5. The first-order chi connectivity index (χ1) is 9.28. The summed E-state index contributed by atoms with van der Waals surface area (Å²) in [6.07, 6.45) is 3.45. The molecule has 0 spiro atoms. The lowest BCUT2D eigenvalue weighted by Gasteiger charge is -2.12. The van der Waals surface area contributed by atoms with Gasteiger partial charge in [-0.05, 0) is 30.5 Å². The molecule has 1 aromatic heterocycles. The van der Waals surface area contributed by atoms with Crippen molar-refractivity contribution in [2.75, 3.05) is 24.1 Å². The molecule has 0 aliphatic heterocycles. The fourth-order valence-corrected chi connectivity index (χ4v) is 1.98. The molecular weight excluding hydrogens is 262 g/mol. The maximum atomic E-state index is 5.38. The van der Waals surface area contributed by atoms with Gasteiger partial charge in [0.25, 0.3) is 0 Å². The van der Waals surface area contributed by atoms with Crippen LogP contribution in [0.1, 0.15) is 0 Å². The van der Waals surface area contributed by atoms with Gasteiger partial charge in [0.1, 0.15) is 6.33 Å². The summed E-state index contributed by atoms with van der Waals surface area (Å²) >= 11 is 1.69. The van der Waals surface area contributed by atoms with Crippen LogP contribution in [-0.4, -0.2) is 23.3 Å². The van der Waals surface area contributed by atoms with Crippen molar-refractivity contribution in [1.82, 2.24) is 9.97 Å². The fourth-order valence-electron chi connectivity index (χ4n) is 1.57. The first kappa shape index (κ1) is 13.4. The smallest absolute Gasteiger partial charge is 0.205 e. The monoisotopic (exact) mass is 277 g/mol. The van der Waals surface area contributed by atoms with Gasteiger partial charge in [0.2, 0.25) is 5.75 Å². The third-order valence-corrected chi connectivity index (χ3v) is 3.24. The summed E-state index contributed by atoms with van der Waals surface area (Å²) in [5.41, 5.74) is 3.39. The van der Waals surface area contributed by atoms with E-state index in [1.54, 1.807) is 18.9 Å². The molecule has 0 bridgehead atoms. The summed E-state index contributed by atoms with van der Waals surface area (Å²) in [5, 5.41) is 3.17. The van der Waals surface area contributed by atoms with E-state index in [9.17, 15) is 0 Å². The van der Waals surface area contributed by atoms with Crippen molar-refractivity contribution in [2.45, 2.75) is 4.90 Å². The van der Waals surface area contributed by atoms with Gasteiger partial charge in [0, 0.05) is 10.6 Å². The number of aromatic nitrogens is 2. The highest BCUT2D eigenvalue weighted by molar-refractivity contribution is 7.98. The summed E-state index contributed by atoms with van der Waals surface area (Å²) in [4.78, 5) is 9.33. The standard InChI is InChI=1S/C12H15N5OS/c1-18-10-11(14-7-15-12(10)17-13)16-8-3-5-9(19-2)6-4-8/h3-7H,13H2,1-2H3,(H2,14,15,16,17). The number of thioether (sulfide) groups is 1. The van der Waals surface area contributed by atoms with Crippen LogP contribution < -0.4 is 21.3 Å². The van der Waals surface area contributed by atoms with Gasteiger partial charge in [0.15, 0.2) is 11.6 Å². The van der Waals surface area contributed by atoms with E-state index >= 15 is 0 Å². The number of nitrogen functional groups attached to an aromatic ring is 1. The van der Waals surface area contributed by atoms with Crippen molar-refractivity contribution in [2.24, 2.45) is 5.84 Å². The second-order valence-corrected chi connectivity index (χ2v) is 4.48. The predicted molar refractivity (Wildman–Crippen MR) is 77.9 cm³/mol. The van der Waals surface area contributed by atoms with E-state index in [-0.39, 0.29) is 0 Å². The summed E-state index contributed by atoms with van der Waals surface area (Å²) in [6.45, 7) is 0. The second kappa shape index (κ2) is 6.26. The van der Waals surface area contributed by atoms with E-state index in [4.69, 9.17) is 10.6 Å². The Morgan fingerprint density at radius 1 is 1.16 bits per heavy atom.